The van der Waals surface area contributed by atoms with Gasteiger partial charge in [-0.05, 0) is 80.3 Å². The number of amides is 1. The minimum atomic E-state index is 0.00649. The second kappa shape index (κ2) is 8.12. The maximum atomic E-state index is 12.4. The molecule has 0 atom stereocenters. The van der Waals surface area contributed by atoms with E-state index in [4.69, 9.17) is 4.74 Å². The van der Waals surface area contributed by atoms with Gasteiger partial charge in [0.25, 0.3) is 5.91 Å². The monoisotopic (exact) mass is 451 g/mol. The summed E-state index contributed by atoms with van der Waals surface area (Å²) >= 11 is 2.20. The van der Waals surface area contributed by atoms with Crippen molar-refractivity contribution in [2.24, 2.45) is 0 Å². The van der Waals surface area contributed by atoms with Crippen LogP contribution in [-0.2, 0) is 0 Å². The lowest BCUT2D eigenvalue weighted by atomic mass is 9.92. The predicted molar refractivity (Wildman–Crippen MR) is 105 cm³/mol. The van der Waals surface area contributed by atoms with Gasteiger partial charge in [-0.25, -0.2) is 9.97 Å². The molecule has 25 heavy (non-hydrogen) atoms. The molecule has 0 spiro atoms. The first-order valence-corrected chi connectivity index (χ1v) is 9.63. The molecule has 1 fully saturated rings. The van der Waals surface area contributed by atoms with E-state index in [-0.39, 0.29) is 18.1 Å². The van der Waals surface area contributed by atoms with E-state index < -0.39 is 0 Å². The molecule has 1 amide bonds. The number of hydrogen-bond acceptors (Lipinski definition) is 4. The average Bonchev–Trinajstić information content (AvgIpc) is 2.56. The Morgan fingerprint density at radius 2 is 1.76 bits per heavy atom. The van der Waals surface area contributed by atoms with Crippen molar-refractivity contribution in [3.05, 3.63) is 50.9 Å². The van der Waals surface area contributed by atoms with Gasteiger partial charge >= 0.3 is 6.01 Å². The summed E-state index contributed by atoms with van der Waals surface area (Å²) < 4.78 is 6.91. The molecular formula is C19H22IN3O2. The minimum Gasteiger partial charge on any atom is -0.460 e. The number of aromatic nitrogens is 2. The molecule has 1 saturated carbocycles. The number of carbonyl (C=O) groups excluding carboxylic acids is 1. The highest BCUT2D eigenvalue weighted by Crippen LogP contribution is 2.23. The van der Waals surface area contributed by atoms with Crippen molar-refractivity contribution in [3.8, 4) is 6.01 Å². The largest absolute Gasteiger partial charge is 0.460 e. The number of ether oxygens (including phenoxy) is 1. The van der Waals surface area contributed by atoms with Gasteiger partial charge in [-0.3, -0.25) is 4.79 Å². The SMILES string of the molecule is Cc1cc(C)nc(OC2CCC(NC(=O)c3ccccc3I)CC2)n1. The van der Waals surface area contributed by atoms with Gasteiger partial charge in [0.15, 0.2) is 0 Å². The van der Waals surface area contributed by atoms with E-state index in [0.29, 0.717) is 6.01 Å². The fraction of sp³-hybridized carbons (Fsp3) is 0.421. The van der Waals surface area contributed by atoms with Gasteiger partial charge in [0.05, 0.1) is 5.56 Å². The Kier molecular flexibility index (Phi) is 5.88. The number of nitrogens with one attached hydrogen (secondary N) is 1. The van der Waals surface area contributed by atoms with Crippen LogP contribution in [0.1, 0.15) is 47.4 Å². The van der Waals surface area contributed by atoms with E-state index in [2.05, 4.69) is 37.9 Å². The average molecular weight is 451 g/mol. The molecule has 1 aliphatic carbocycles. The third-order valence-corrected chi connectivity index (χ3v) is 5.30. The van der Waals surface area contributed by atoms with Crippen LogP contribution in [0.2, 0.25) is 0 Å². The quantitative estimate of drug-likeness (QED) is 0.719. The zero-order valence-electron chi connectivity index (χ0n) is 14.5. The summed E-state index contributed by atoms with van der Waals surface area (Å²) in [6, 6.07) is 10.2. The Hall–Kier alpha value is -1.70. The molecule has 132 valence electrons. The normalized spacial score (nSPS) is 20.1. The third-order valence-electron chi connectivity index (χ3n) is 4.36. The number of rotatable bonds is 4. The van der Waals surface area contributed by atoms with Crippen LogP contribution in [0.25, 0.3) is 0 Å². The van der Waals surface area contributed by atoms with Crippen LogP contribution in [-0.4, -0.2) is 28.0 Å². The molecule has 1 aromatic heterocycles. The number of hydrogen-bond donors (Lipinski definition) is 1. The van der Waals surface area contributed by atoms with Crippen LogP contribution < -0.4 is 10.1 Å². The van der Waals surface area contributed by atoms with Gasteiger partial charge in [0.1, 0.15) is 6.10 Å². The van der Waals surface area contributed by atoms with Crippen molar-refractivity contribution in [2.75, 3.05) is 0 Å². The molecule has 2 aromatic rings. The van der Waals surface area contributed by atoms with Crippen molar-refractivity contribution in [1.82, 2.24) is 15.3 Å². The second-order valence-corrected chi connectivity index (χ2v) is 7.64. The topological polar surface area (TPSA) is 64.1 Å². The summed E-state index contributed by atoms with van der Waals surface area (Å²) in [6.07, 6.45) is 3.72. The lowest BCUT2D eigenvalue weighted by Crippen LogP contribution is -2.40. The van der Waals surface area contributed by atoms with E-state index in [1.165, 1.54) is 0 Å². The second-order valence-electron chi connectivity index (χ2n) is 6.48. The Morgan fingerprint density at radius 1 is 1.12 bits per heavy atom. The first kappa shape index (κ1) is 18.1. The van der Waals surface area contributed by atoms with Crippen LogP contribution in [0.4, 0.5) is 0 Å². The van der Waals surface area contributed by atoms with Crippen molar-refractivity contribution in [2.45, 2.75) is 51.7 Å². The molecule has 0 saturated heterocycles. The first-order valence-electron chi connectivity index (χ1n) is 8.55. The van der Waals surface area contributed by atoms with Gasteiger partial charge in [-0.2, -0.15) is 0 Å². The standard InChI is InChI=1S/C19H22IN3O2/c1-12-11-13(2)22-19(21-12)25-15-9-7-14(8-10-15)23-18(24)16-5-3-4-6-17(16)20/h3-6,11,14-15H,7-10H2,1-2H3,(H,23,24). The smallest absolute Gasteiger partial charge is 0.317 e. The molecule has 1 heterocycles. The lowest BCUT2D eigenvalue weighted by Gasteiger charge is -2.29. The van der Waals surface area contributed by atoms with E-state index in [0.717, 1.165) is 46.2 Å². The van der Waals surface area contributed by atoms with E-state index >= 15 is 0 Å². The zero-order chi connectivity index (χ0) is 17.8. The Balaban J connectivity index is 1.52. The number of carbonyl (C=O) groups is 1. The predicted octanol–water partition coefficient (Wildman–Crippen LogP) is 3.82. The van der Waals surface area contributed by atoms with Crippen LogP contribution in [0.5, 0.6) is 6.01 Å². The maximum Gasteiger partial charge on any atom is 0.317 e. The van der Waals surface area contributed by atoms with Crippen LogP contribution in [0, 0.1) is 17.4 Å². The zero-order valence-corrected chi connectivity index (χ0v) is 16.6. The molecule has 0 aliphatic heterocycles. The number of nitrogens with zero attached hydrogens (tertiary/aromatic N) is 2. The van der Waals surface area contributed by atoms with Gasteiger partial charge in [-0.1, -0.05) is 12.1 Å². The van der Waals surface area contributed by atoms with E-state index in [9.17, 15) is 4.79 Å². The summed E-state index contributed by atoms with van der Waals surface area (Å²) in [5.41, 5.74) is 2.58. The van der Waals surface area contributed by atoms with Crippen molar-refractivity contribution in [3.63, 3.8) is 0 Å². The first-order chi connectivity index (χ1) is 12.0. The molecule has 1 aromatic carbocycles. The highest BCUT2D eigenvalue weighted by molar-refractivity contribution is 14.1. The fourth-order valence-electron chi connectivity index (χ4n) is 3.13. The van der Waals surface area contributed by atoms with Crippen LogP contribution in [0.3, 0.4) is 0 Å². The molecular weight excluding hydrogens is 429 g/mol. The molecule has 6 heteroatoms. The summed E-state index contributed by atoms with van der Waals surface area (Å²) in [5.74, 6) is 0.00649. The van der Waals surface area contributed by atoms with Gasteiger partial charge in [0, 0.05) is 21.0 Å². The van der Waals surface area contributed by atoms with Gasteiger partial charge < -0.3 is 10.1 Å². The molecule has 1 aliphatic rings. The Morgan fingerprint density at radius 3 is 2.40 bits per heavy atom. The van der Waals surface area contributed by atoms with Gasteiger partial charge in [0.2, 0.25) is 0 Å². The third kappa shape index (κ3) is 4.90. The summed E-state index contributed by atoms with van der Waals surface area (Å²) in [7, 11) is 0. The van der Waals surface area contributed by atoms with Crippen molar-refractivity contribution in [1.29, 1.82) is 0 Å². The molecule has 0 unspecified atom stereocenters. The fourth-order valence-corrected chi connectivity index (χ4v) is 3.76. The van der Waals surface area contributed by atoms with Crippen LogP contribution in [0.15, 0.2) is 30.3 Å². The highest BCUT2D eigenvalue weighted by atomic mass is 127. The minimum absolute atomic E-state index is 0.00649. The number of aryl methyl sites for hydroxylation is 2. The molecule has 0 radical (unpaired) electrons. The molecule has 3 rings (SSSR count). The molecule has 1 N–H and O–H groups in total. The molecule has 5 nitrogen and oxygen atoms in total. The van der Waals surface area contributed by atoms with Crippen LogP contribution >= 0.6 is 22.6 Å². The number of benzene rings is 1. The molecule has 0 bridgehead atoms. The summed E-state index contributed by atoms with van der Waals surface area (Å²) in [6.45, 7) is 3.89. The van der Waals surface area contributed by atoms with E-state index in [1.54, 1.807) is 0 Å². The van der Waals surface area contributed by atoms with Gasteiger partial charge in [-0.15, -0.1) is 0 Å². The summed E-state index contributed by atoms with van der Waals surface area (Å²) in [4.78, 5) is 21.1. The highest BCUT2D eigenvalue weighted by Gasteiger charge is 2.25. The van der Waals surface area contributed by atoms with Crippen molar-refractivity contribution >= 4 is 28.5 Å². The number of halogens is 1. The summed E-state index contributed by atoms with van der Waals surface area (Å²) in [5, 5.41) is 3.15. The Labute approximate surface area is 161 Å². The maximum absolute atomic E-state index is 12.4. The van der Waals surface area contributed by atoms with Crippen molar-refractivity contribution < 1.29 is 9.53 Å². The Bertz CT molecular complexity index is 738. The lowest BCUT2D eigenvalue weighted by molar-refractivity contribution is 0.0884. The van der Waals surface area contributed by atoms with E-state index in [1.807, 2.05) is 44.2 Å².